The molecule has 28 heavy (non-hydrogen) atoms. The highest BCUT2D eigenvalue weighted by Gasteiger charge is 2.37. The van der Waals surface area contributed by atoms with Crippen molar-refractivity contribution in [2.75, 3.05) is 52.5 Å². The topological polar surface area (TPSA) is 53.1 Å². The van der Waals surface area contributed by atoms with Crippen LogP contribution in [0.25, 0.3) is 0 Å². The van der Waals surface area contributed by atoms with Crippen LogP contribution < -0.4 is 0 Å². The molecular formula is C22H31N3O3. The minimum absolute atomic E-state index is 0.0237. The monoisotopic (exact) mass is 385 g/mol. The molecule has 0 radical (unpaired) electrons. The second kappa shape index (κ2) is 9.05. The summed E-state index contributed by atoms with van der Waals surface area (Å²) < 4.78 is 5.39. The molecule has 3 heterocycles. The number of rotatable bonds is 4. The summed E-state index contributed by atoms with van der Waals surface area (Å²) in [6.07, 6.45) is 4.04. The molecule has 1 aromatic rings. The highest BCUT2D eigenvalue weighted by Crippen LogP contribution is 2.30. The van der Waals surface area contributed by atoms with Gasteiger partial charge in [-0.3, -0.25) is 14.5 Å². The second-order valence-electron chi connectivity index (χ2n) is 8.12. The SMILES string of the molecule is O=C(C1CCCN(C(C(=O)N2CCCC2)c2ccccc2)C1)N1CCOCC1. The number of likely N-dealkylation sites (tertiary alicyclic amines) is 2. The smallest absolute Gasteiger partial charge is 0.244 e. The van der Waals surface area contributed by atoms with Gasteiger partial charge in [0.05, 0.1) is 19.1 Å². The van der Waals surface area contributed by atoms with Crippen molar-refractivity contribution < 1.29 is 14.3 Å². The number of carbonyl (C=O) groups is 2. The first-order valence-electron chi connectivity index (χ1n) is 10.7. The number of ether oxygens (including phenoxy) is 1. The lowest BCUT2D eigenvalue weighted by molar-refractivity contribution is -0.145. The largest absolute Gasteiger partial charge is 0.378 e. The van der Waals surface area contributed by atoms with Gasteiger partial charge in [-0.25, -0.2) is 0 Å². The quantitative estimate of drug-likeness (QED) is 0.795. The van der Waals surface area contributed by atoms with E-state index in [1.807, 2.05) is 40.1 Å². The zero-order valence-corrected chi connectivity index (χ0v) is 16.6. The molecule has 3 fully saturated rings. The maximum absolute atomic E-state index is 13.4. The molecule has 0 spiro atoms. The zero-order valence-electron chi connectivity index (χ0n) is 16.6. The molecule has 0 aromatic heterocycles. The van der Waals surface area contributed by atoms with Gasteiger partial charge in [0.15, 0.2) is 0 Å². The Bertz CT molecular complexity index is 669. The van der Waals surface area contributed by atoms with E-state index in [9.17, 15) is 9.59 Å². The van der Waals surface area contributed by atoms with Gasteiger partial charge >= 0.3 is 0 Å². The van der Waals surface area contributed by atoms with Gasteiger partial charge in [-0.1, -0.05) is 30.3 Å². The van der Waals surface area contributed by atoms with Crippen LogP contribution in [0.3, 0.4) is 0 Å². The Morgan fingerprint density at radius 1 is 0.893 bits per heavy atom. The summed E-state index contributed by atoms with van der Waals surface area (Å²) in [5.74, 6) is 0.404. The first-order chi connectivity index (χ1) is 13.7. The Morgan fingerprint density at radius 3 is 2.32 bits per heavy atom. The number of nitrogens with zero attached hydrogens (tertiary/aromatic N) is 3. The number of morpholine rings is 1. The first kappa shape index (κ1) is 19.4. The second-order valence-corrected chi connectivity index (χ2v) is 8.12. The van der Waals surface area contributed by atoms with Crippen molar-refractivity contribution in [3.8, 4) is 0 Å². The van der Waals surface area contributed by atoms with Gasteiger partial charge in [-0.15, -0.1) is 0 Å². The molecule has 2 unspecified atom stereocenters. The Balaban J connectivity index is 1.52. The highest BCUT2D eigenvalue weighted by atomic mass is 16.5. The van der Waals surface area contributed by atoms with Crippen molar-refractivity contribution in [1.82, 2.24) is 14.7 Å². The van der Waals surface area contributed by atoms with Crippen molar-refractivity contribution in [2.45, 2.75) is 31.7 Å². The third kappa shape index (κ3) is 4.23. The van der Waals surface area contributed by atoms with Crippen molar-refractivity contribution in [3.05, 3.63) is 35.9 Å². The van der Waals surface area contributed by atoms with Crippen LogP contribution in [-0.2, 0) is 14.3 Å². The predicted octanol–water partition coefficient (Wildman–Crippen LogP) is 1.92. The van der Waals surface area contributed by atoms with Crippen LogP contribution in [0.2, 0.25) is 0 Å². The molecule has 0 aliphatic carbocycles. The lowest BCUT2D eigenvalue weighted by Crippen LogP contribution is -2.51. The molecule has 6 heteroatoms. The first-order valence-corrected chi connectivity index (χ1v) is 10.7. The number of hydrogen-bond donors (Lipinski definition) is 0. The van der Waals surface area contributed by atoms with Gasteiger partial charge in [-0.05, 0) is 37.8 Å². The zero-order chi connectivity index (χ0) is 19.3. The number of benzene rings is 1. The van der Waals surface area contributed by atoms with Gasteiger partial charge in [0.1, 0.15) is 6.04 Å². The number of carbonyl (C=O) groups excluding carboxylic acids is 2. The van der Waals surface area contributed by atoms with Crippen molar-refractivity contribution >= 4 is 11.8 Å². The third-order valence-corrected chi connectivity index (χ3v) is 6.26. The molecule has 0 bridgehead atoms. The average Bonchev–Trinajstić information content (AvgIpc) is 3.30. The van der Waals surface area contributed by atoms with Crippen LogP contribution in [-0.4, -0.2) is 79.0 Å². The van der Waals surface area contributed by atoms with E-state index in [2.05, 4.69) is 4.90 Å². The minimum atomic E-state index is -0.278. The van der Waals surface area contributed by atoms with Gasteiger partial charge in [0.2, 0.25) is 11.8 Å². The summed E-state index contributed by atoms with van der Waals surface area (Å²) in [7, 11) is 0. The maximum Gasteiger partial charge on any atom is 0.244 e. The van der Waals surface area contributed by atoms with Crippen molar-refractivity contribution in [1.29, 1.82) is 0 Å². The van der Waals surface area contributed by atoms with E-state index < -0.39 is 0 Å². The van der Waals surface area contributed by atoms with E-state index in [1.54, 1.807) is 0 Å². The molecule has 6 nitrogen and oxygen atoms in total. The Labute approximate surface area is 167 Å². The van der Waals surface area contributed by atoms with E-state index in [0.717, 1.165) is 50.9 Å². The molecule has 0 saturated carbocycles. The van der Waals surface area contributed by atoms with Crippen molar-refractivity contribution in [3.63, 3.8) is 0 Å². The summed E-state index contributed by atoms with van der Waals surface area (Å²) in [5, 5.41) is 0. The molecule has 2 atom stereocenters. The fourth-order valence-electron chi connectivity index (χ4n) is 4.74. The molecule has 1 aromatic carbocycles. The summed E-state index contributed by atoms with van der Waals surface area (Å²) in [5.41, 5.74) is 1.04. The normalized spacial score (nSPS) is 24.9. The fourth-order valence-corrected chi connectivity index (χ4v) is 4.74. The third-order valence-electron chi connectivity index (χ3n) is 6.26. The molecule has 3 aliphatic heterocycles. The van der Waals surface area contributed by atoms with E-state index >= 15 is 0 Å². The highest BCUT2D eigenvalue weighted by molar-refractivity contribution is 5.84. The van der Waals surface area contributed by atoms with Crippen LogP contribution in [0.4, 0.5) is 0 Å². The summed E-state index contributed by atoms with van der Waals surface area (Å²) >= 11 is 0. The molecule has 2 amide bonds. The number of amides is 2. The molecule has 4 rings (SSSR count). The van der Waals surface area contributed by atoms with Gasteiger partial charge in [0, 0.05) is 32.7 Å². The average molecular weight is 386 g/mol. The van der Waals surface area contributed by atoms with E-state index in [0.29, 0.717) is 32.8 Å². The molecule has 3 aliphatic rings. The summed E-state index contributed by atoms with van der Waals surface area (Å²) in [6, 6.07) is 9.80. The summed E-state index contributed by atoms with van der Waals surface area (Å²) in [6.45, 7) is 5.86. The van der Waals surface area contributed by atoms with Crippen LogP contribution in [0.1, 0.15) is 37.3 Å². The molecule has 3 saturated heterocycles. The minimum Gasteiger partial charge on any atom is -0.378 e. The van der Waals surface area contributed by atoms with Gasteiger partial charge < -0.3 is 14.5 Å². The number of hydrogen-bond acceptors (Lipinski definition) is 4. The lowest BCUT2D eigenvalue weighted by atomic mass is 9.93. The molecule has 152 valence electrons. The van der Waals surface area contributed by atoms with Crippen molar-refractivity contribution in [2.24, 2.45) is 5.92 Å². The van der Waals surface area contributed by atoms with Crippen LogP contribution in [0, 0.1) is 5.92 Å². The van der Waals surface area contributed by atoms with Crippen LogP contribution in [0.15, 0.2) is 30.3 Å². The summed E-state index contributed by atoms with van der Waals surface area (Å²) in [4.78, 5) is 32.6. The van der Waals surface area contributed by atoms with Gasteiger partial charge in [-0.2, -0.15) is 0 Å². The predicted molar refractivity (Wildman–Crippen MR) is 107 cm³/mol. The fraction of sp³-hybridized carbons (Fsp3) is 0.636. The lowest BCUT2D eigenvalue weighted by Gasteiger charge is -2.40. The van der Waals surface area contributed by atoms with Crippen LogP contribution >= 0.6 is 0 Å². The van der Waals surface area contributed by atoms with Gasteiger partial charge in [0.25, 0.3) is 0 Å². The van der Waals surface area contributed by atoms with E-state index in [-0.39, 0.29) is 23.8 Å². The Hall–Kier alpha value is -1.92. The molecular weight excluding hydrogens is 354 g/mol. The molecule has 0 N–H and O–H groups in total. The van der Waals surface area contributed by atoms with E-state index in [1.165, 1.54) is 0 Å². The Morgan fingerprint density at radius 2 is 1.61 bits per heavy atom. The Kier molecular flexibility index (Phi) is 6.27. The standard InChI is InChI=1S/C22H31N3O3/c26-21(24-13-15-28-16-14-24)19-9-6-12-25(17-19)20(18-7-2-1-3-8-18)22(27)23-10-4-5-11-23/h1-3,7-8,19-20H,4-6,9-17H2. The maximum atomic E-state index is 13.4. The van der Waals surface area contributed by atoms with Crippen LogP contribution in [0.5, 0.6) is 0 Å². The number of piperidine rings is 1. The van der Waals surface area contributed by atoms with E-state index in [4.69, 9.17) is 4.74 Å².